The molecule has 1 aromatic carbocycles. The number of benzene rings is 1. The normalized spacial score (nSPS) is 13.9. The molecule has 1 amide bonds. The summed E-state index contributed by atoms with van der Waals surface area (Å²) < 4.78 is 16.5. The Bertz CT molecular complexity index is 1140. The van der Waals surface area contributed by atoms with E-state index in [4.69, 9.17) is 13.9 Å². The molecule has 10 heteroatoms. The number of carbonyl (C=O) groups is 2. The number of amides is 1. The molecule has 0 bridgehead atoms. The van der Waals surface area contributed by atoms with Gasteiger partial charge in [-0.25, -0.2) is 14.8 Å². The van der Waals surface area contributed by atoms with Crippen molar-refractivity contribution in [2.45, 2.75) is 18.7 Å². The summed E-state index contributed by atoms with van der Waals surface area (Å²) in [6.07, 6.45) is 3.43. The summed E-state index contributed by atoms with van der Waals surface area (Å²) in [4.78, 5) is 38.7. The number of anilines is 1. The van der Waals surface area contributed by atoms with Crippen LogP contribution in [0.3, 0.4) is 0 Å². The maximum Gasteiger partial charge on any atom is 0.342 e. The fraction of sp³-hybridized carbons (Fsp3) is 0.391. The lowest BCUT2D eigenvalue weighted by atomic mass is 10.1. The SMILES string of the molecule is CCOC(=O)c1c(C)oc2ncnc(N3CCN(C(=O)COc4ccc(SC)cc4)CC3)c12. The Hall–Kier alpha value is -3.27. The lowest BCUT2D eigenvalue weighted by Gasteiger charge is -2.35. The van der Waals surface area contributed by atoms with E-state index in [1.165, 1.54) is 6.33 Å². The summed E-state index contributed by atoms with van der Waals surface area (Å²) in [6.45, 7) is 5.88. The van der Waals surface area contributed by atoms with Crippen LogP contribution >= 0.6 is 11.8 Å². The summed E-state index contributed by atoms with van der Waals surface area (Å²) in [6, 6.07) is 7.67. The number of esters is 1. The van der Waals surface area contributed by atoms with Crippen molar-refractivity contribution in [3.05, 3.63) is 41.9 Å². The first-order valence-corrected chi connectivity index (χ1v) is 11.9. The van der Waals surface area contributed by atoms with Gasteiger partial charge < -0.3 is 23.7 Å². The largest absolute Gasteiger partial charge is 0.484 e. The van der Waals surface area contributed by atoms with Gasteiger partial charge in [0.05, 0.1) is 12.0 Å². The smallest absolute Gasteiger partial charge is 0.342 e. The van der Waals surface area contributed by atoms with Crippen molar-refractivity contribution in [3.8, 4) is 5.75 Å². The van der Waals surface area contributed by atoms with Crippen LogP contribution in [0.4, 0.5) is 5.82 Å². The van der Waals surface area contributed by atoms with E-state index in [2.05, 4.69) is 9.97 Å². The third-order valence-electron chi connectivity index (χ3n) is 5.48. The number of ether oxygens (including phenoxy) is 2. The van der Waals surface area contributed by atoms with E-state index in [9.17, 15) is 9.59 Å². The van der Waals surface area contributed by atoms with Crippen LogP contribution in [0.5, 0.6) is 5.75 Å². The third kappa shape index (κ3) is 4.90. The van der Waals surface area contributed by atoms with Crippen LogP contribution in [0.2, 0.25) is 0 Å². The summed E-state index contributed by atoms with van der Waals surface area (Å²) in [7, 11) is 0. The standard InChI is InChI=1S/C23H26N4O5S/c1-4-30-23(29)19-15(2)32-22-20(19)21(24-14-25-22)27-11-9-26(10-12-27)18(28)13-31-16-5-7-17(33-3)8-6-16/h5-8,14H,4,9-13H2,1-3H3. The Kier molecular flexibility index (Phi) is 7.02. The highest BCUT2D eigenvalue weighted by Crippen LogP contribution is 2.32. The molecule has 1 saturated heterocycles. The van der Waals surface area contributed by atoms with Gasteiger partial charge in [0.1, 0.15) is 29.2 Å². The minimum atomic E-state index is -0.457. The first-order valence-electron chi connectivity index (χ1n) is 10.7. The number of fused-ring (bicyclic) bond motifs is 1. The molecule has 33 heavy (non-hydrogen) atoms. The molecular formula is C23H26N4O5S. The number of aromatic nitrogens is 2. The van der Waals surface area contributed by atoms with Gasteiger partial charge in [-0.1, -0.05) is 0 Å². The van der Waals surface area contributed by atoms with Gasteiger partial charge in [0.25, 0.3) is 5.91 Å². The van der Waals surface area contributed by atoms with Gasteiger partial charge in [0.15, 0.2) is 6.61 Å². The van der Waals surface area contributed by atoms with Crippen molar-refractivity contribution in [3.63, 3.8) is 0 Å². The van der Waals surface area contributed by atoms with Crippen molar-refractivity contribution in [1.29, 1.82) is 0 Å². The van der Waals surface area contributed by atoms with Crippen LogP contribution < -0.4 is 9.64 Å². The number of nitrogens with zero attached hydrogens (tertiary/aromatic N) is 4. The van der Waals surface area contributed by atoms with Gasteiger partial charge in [0.2, 0.25) is 5.71 Å². The summed E-state index contributed by atoms with van der Waals surface area (Å²) in [5.41, 5.74) is 0.696. The Balaban J connectivity index is 1.42. The van der Waals surface area contributed by atoms with Gasteiger partial charge in [-0.3, -0.25) is 4.79 Å². The number of thioether (sulfide) groups is 1. The van der Waals surface area contributed by atoms with E-state index in [0.29, 0.717) is 60.2 Å². The molecule has 0 spiro atoms. The topological polar surface area (TPSA) is 98.0 Å². The molecule has 0 radical (unpaired) electrons. The molecule has 0 aliphatic carbocycles. The Morgan fingerprint density at radius 3 is 2.52 bits per heavy atom. The summed E-state index contributed by atoms with van der Waals surface area (Å²) >= 11 is 1.65. The molecule has 9 nitrogen and oxygen atoms in total. The highest BCUT2D eigenvalue weighted by atomic mass is 32.2. The number of hydrogen-bond acceptors (Lipinski definition) is 9. The lowest BCUT2D eigenvalue weighted by Crippen LogP contribution is -2.50. The Morgan fingerprint density at radius 1 is 1.12 bits per heavy atom. The zero-order valence-corrected chi connectivity index (χ0v) is 19.7. The number of rotatable bonds is 7. The van der Waals surface area contributed by atoms with Gasteiger partial charge in [-0.2, -0.15) is 0 Å². The molecule has 3 aromatic rings. The van der Waals surface area contributed by atoms with Crippen molar-refractivity contribution < 1.29 is 23.5 Å². The second-order valence-electron chi connectivity index (χ2n) is 7.46. The van der Waals surface area contributed by atoms with Crippen LogP contribution in [0.25, 0.3) is 11.1 Å². The van der Waals surface area contributed by atoms with Crippen molar-refractivity contribution in [1.82, 2.24) is 14.9 Å². The number of piperazine rings is 1. The van der Waals surface area contributed by atoms with Crippen LogP contribution in [-0.2, 0) is 9.53 Å². The molecule has 0 atom stereocenters. The zero-order valence-electron chi connectivity index (χ0n) is 18.9. The van der Waals surface area contributed by atoms with Gasteiger partial charge >= 0.3 is 5.97 Å². The van der Waals surface area contributed by atoms with Gasteiger partial charge in [-0.05, 0) is 44.4 Å². The molecule has 3 heterocycles. The van der Waals surface area contributed by atoms with E-state index < -0.39 is 5.97 Å². The van der Waals surface area contributed by atoms with E-state index in [0.717, 1.165) is 4.90 Å². The van der Waals surface area contributed by atoms with E-state index in [1.54, 1.807) is 30.5 Å². The van der Waals surface area contributed by atoms with E-state index in [1.807, 2.05) is 35.4 Å². The second-order valence-corrected chi connectivity index (χ2v) is 8.34. The summed E-state index contributed by atoms with van der Waals surface area (Å²) in [5, 5.41) is 0.547. The molecule has 2 aromatic heterocycles. The van der Waals surface area contributed by atoms with E-state index >= 15 is 0 Å². The Morgan fingerprint density at radius 2 is 1.85 bits per heavy atom. The highest BCUT2D eigenvalue weighted by molar-refractivity contribution is 7.98. The average Bonchev–Trinajstić information content (AvgIpc) is 3.19. The maximum absolute atomic E-state index is 12.6. The molecule has 1 aliphatic rings. The molecule has 1 aliphatic heterocycles. The van der Waals surface area contributed by atoms with Crippen LogP contribution in [0.1, 0.15) is 23.0 Å². The highest BCUT2D eigenvalue weighted by Gasteiger charge is 2.28. The first-order chi connectivity index (χ1) is 16.0. The molecule has 174 valence electrons. The van der Waals surface area contributed by atoms with Crippen molar-refractivity contribution in [2.75, 3.05) is 50.5 Å². The molecule has 0 N–H and O–H groups in total. The molecule has 1 fully saturated rings. The van der Waals surface area contributed by atoms with Crippen LogP contribution in [0, 0.1) is 6.92 Å². The number of aryl methyl sites for hydroxylation is 1. The minimum Gasteiger partial charge on any atom is -0.484 e. The minimum absolute atomic E-state index is 0.00962. The molecule has 0 unspecified atom stereocenters. The lowest BCUT2D eigenvalue weighted by molar-refractivity contribution is -0.133. The van der Waals surface area contributed by atoms with Gasteiger partial charge in [-0.15, -0.1) is 11.8 Å². The number of furan rings is 1. The summed E-state index contributed by atoms with van der Waals surface area (Å²) in [5.74, 6) is 1.20. The number of hydrogen-bond donors (Lipinski definition) is 0. The third-order valence-corrected chi connectivity index (χ3v) is 6.22. The molecule has 4 rings (SSSR count). The van der Waals surface area contributed by atoms with Crippen LogP contribution in [0.15, 0.2) is 39.9 Å². The first kappa shape index (κ1) is 22.9. The maximum atomic E-state index is 12.6. The molecule has 0 saturated carbocycles. The predicted octanol–water partition coefficient (Wildman–Crippen LogP) is 3.16. The van der Waals surface area contributed by atoms with Crippen molar-refractivity contribution in [2.24, 2.45) is 0 Å². The fourth-order valence-electron chi connectivity index (χ4n) is 3.79. The fourth-order valence-corrected chi connectivity index (χ4v) is 4.20. The second kappa shape index (κ2) is 10.1. The number of carbonyl (C=O) groups excluding carboxylic acids is 2. The van der Waals surface area contributed by atoms with E-state index in [-0.39, 0.29) is 19.1 Å². The predicted molar refractivity (Wildman–Crippen MR) is 125 cm³/mol. The average molecular weight is 471 g/mol. The van der Waals surface area contributed by atoms with Gasteiger partial charge in [0, 0.05) is 31.1 Å². The Labute approximate surface area is 196 Å². The van der Waals surface area contributed by atoms with Crippen LogP contribution in [-0.4, -0.2) is 72.4 Å². The molecular weight excluding hydrogens is 444 g/mol. The zero-order chi connectivity index (χ0) is 23.4. The monoisotopic (exact) mass is 470 g/mol. The quantitative estimate of drug-likeness (QED) is 0.381. The van der Waals surface area contributed by atoms with Crippen molar-refractivity contribution >= 4 is 40.6 Å².